The van der Waals surface area contributed by atoms with Crippen LogP contribution in [0.3, 0.4) is 0 Å². The van der Waals surface area contributed by atoms with E-state index in [1.807, 2.05) is 32.9 Å². The van der Waals surface area contributed by atoms with Crippen LogP contribution in [0.25, 0.3) is 9.88 Å². The lowest BCUT2D eigenvalue weighted by Gasteiger charge is -2.23. The minimum Gasteiger partial charge on any atom is -0.350 e. The molecule has 0 aliphatic carbocycles. The minimum atomic E-state index is -0.326. The Morgan fingerprint density at radius 3 is 2.50 bits per heavy atom. The maximum absolute atomic E-state index is 12.6. The molecule has 8 heteroatoms. The number of nitrogens with zero attached hydrogens (tertiary/aromatic N) is 2. The van der Waals surface area contributed by atoms with E-state index in [1.165, 1.54) is 27.6 Å². The minimum absolute atomic E-state index is 0.00755. The van der Waals surface area contributed by atoms with Crippen molar-refractivity contribution in [3.05, 3.63) is 27.0 Å². The summed E-state index contributed by atoms with van der Waals surface area (Å²) in [7, 11) is 1.62. The molecule has 2 amide bonds. The Labute approximate surface area is 154 Å². The molecule has 1 N–H and O–H groups in total. The summed E-state index contributed by atoms with van der Waals surface area (Å²) in [6.07, 6.45) is 0. The summed E-state index contributed by atoms with van der Waals surface area (Å²) in [6.45, 7) is 7.51. The Morgan fingerprint density at radius 2 is 1.96 bits per heavy atom. The maximum Gasteiger partial charge on any atom is 0.266 e. The van der Waals surface area contributed by atoms with Crippen molar-refractivity contribution in [1.29, 1.82) is 0 Å². The average Bonchev–Trinajstić information content (AvgIpc) is 3.01. The largest absolute Gasteiger partial charge is 0.350 e. The number of hydrogen-bond acceptors (Lipinski definition) is 5. The molecule has 130 valence electrons. The summed E-state index contributed by atoms with van der Waals surface area (Å²) in [5, 5.41) is 3.61. The number of amides is 2. The number of nitrogens with one attached hydrogen (secondary N) is 1. The van der Waals surface area contributed by atoms with E-state index in [2.05, 4.69) is 10.3 Å². The van der Waals surface area contributed by atoms with Gasteiger partial charge >= 0.3 is 0 Å². The van der Waals surface area contributed by atoms with Gasteiger partial charge in [-0.25, -0.2) is 4.98 Å². The highest BCUT2D eigenvalue weighted by molar-refractivity contribution is 7.24. The third-order valence-electron chi connectivity index (χ3n) is 3.02. The van der Waals surface area contributed by atoms with Crippen molar-refractivity contribution in [2.24, 2.45) is 0 Å². The standard InChI is InChI=1S/C16H20ClN3O2S2/c1-9-13(24-14(18-9)10-6-7-11(17)23-10)15(22)20(5)8-12(21)19-16(2,3)4/h6-7H,8H2,1-5H3,(H,19,21). The van der Waals surface area contributed by atoms with Crippen molar-refractivity contribution in [2.75, 3.05) is 13.6 Å². The van der Waals surface area contributed by atoms with E-state index < -0.39 is 0 Å². The van der Waals surface area contributed by atoms with Crippen LogP contribution >= 0.6 is 34.3 Å². The number of aromatic nitrogens is 1. The van der Waals surface area contributed by atoms with Crippen molar-refractivity contribution in [3.63, 3.8) is 0 Å². The molecule has 0 aromatic carbocycles. The molecule has 24 heavy (non-hydrogen) atoms. The molecular formula is C16H20ClN3O2S2. The molecular weight excluding hydrogens is 366 g/mol. The molecule has 0 bridgehead atoms. The molecule has 0 saturated heterocycles. The molecule has 0 unspecified atom stereocenters. The number of hydrogen-bond donors (Lipinski definition) is 1. The number of likely N-dealkylation sites (N-methyl/N-ethyl adjacent to an activating group) is 1. The van der Waals surface area contributed by atoms with Crippen LogP contribution in [0.15, 0.2) is 12.1 Å². The molecule has 0 aliphatic rings. The van der Waals surface area contributed by atoms with Gasteiger partial charge in [-0.05, 0) is 39.8 Å². The molecule has 0 radical (unpaired) electrons. The zero-order chi connectivity index (χ0) is 18.1. The highest BCUT2D eigenvalue weighted by atomic mass is 35.5. The number of rotatable bonds is 4. The lowest BCUT2D eigenvalue weighted by Crippen LogP contribution is -2.46. The van der Waals surface area contributed by atoms with Crippen LogP contribution in [0.2, 0.25) is 4.34 Å². The van der Waals surface area contributed by atoms with Gasteiger partial charge in [-0.3, -0.25) is 9.59 Å². The van der Waals surface area contributed by atoms with Gasteiger partial charge in [0.1, 0.15) is 9.88 Å². The normalized spacial score (nSPS) is 11.4. The molecule has 5 nitrogen and oxygen atoms in total. The van der Waals surface area contributed by atoms with Crippen LogP contribution in [0, 0.1) is 6.92 Å². The van der Waals surface area contributed by atoms with Crippen LogP contribution in [0.5, 0.6) is 0 Å². The topological polar surface area (TPSA) is 62.3 Å². The second kappa shape index (κ2) is 7.21. The van der Waals surface area contributed by atoms with Gasteiger partial charge in [0.05, 0.1) is 21.5 Å². The molecule has 2 rings (SSSR count). The predicted octanol–water partition coefficient (Wildman–Crippen LogP) is 3.82. The third-order valence-corrected chi connectivity index (χ3v) is 5.56. The molecule has 0 fully saturated rings. The summed E-state index contributed by atoms with van der Waals surface area (Å²) in [5.74, 6) is -0.395. The number of carbonyl (C=O) groups is 2. The van der Waals surface area contributed by atoms with Gasteiger partial charge in [-0.1, -0.05) is 11.6 Å². The lowest BCUT2D eigenvalue weighted by molar-refractivity contribution is -0.122. The van der Waals surface area contributed by atoms with E-state index in [9.17, 15) is 9.59 Å². The van der Waals surface area contributed by atoms with Crippen molar-refractivity contribution in [3.8, 4) is 9.88 Å². The molecule has 2 heterocycles. The van der Waals surface area contributed by atoms with E-state index in [-0.39, 0.29) is 23.9 Å². The quantitative estimate of drug-likeness (QED) is 0.870. The first-order valence-corrected chi connectivity index (χ1v) is 9.37. The molecule has 0 spiro atoms. The Kier molecular flexibility index (Phi) is 5.67. The van der Waals surface area contributed by atoms with Gasteiger partial charge in [0.25, 0.3) is 5.91 Å². The van der Waals surface area contributed by atoms with Gasteiger partial charge in [-0.15, -0.1) is 22.7 Å². The third kappa shape index (κ3) is 4.78. The zero-order valence-electron chi connectivity index (χ0n) is 14.3. The monoisotopic (exact) mass is 385 g/mol. The van der Waals surface area contributed by atoms with Gasteiger partial charge in [0.15, 0.2) is 0 Å². The summed E-state index contributed by atoms with van der Waals surface area (Å²) in [5.41, 5.74) is 0.333. The molecule has 2 aromatic rings. The number of thiazole rings is 1. The van der Waals surface area contributed by atoms with Crippen molar-refractivity contribution in [1.82, 2.24) is 15.2 Å². The lowest BCUT2D eigenvalue weighted by atomic mass is 10.1. The number of carbonyl (C=O) groups excluding carboxylic acids is 2. The fourth-order valence-electron chi connectivity index (χ4n) is 2.05. The van der Waals surface area contributed by atoms with Crippen LogP contribution in [-0.2, 0) is 4.79 Å². The van der Waals surface area contributed by atoms with E-state index in [4.69, 9.17) is 11.6 Å². The Hall–Kier alpha value is -1.44. The van der Waals surface area contributed by atoms with Gasteiger partial charge < -0.3 is 10.2 Å². The van der Waals surface area contributed by atoms with Crippen molar-refractivity contribution >= 4 is 46.1 Å². The maximum atomic E-state index is 12.6. The summed E-state index contributed by atoms with van der Waals surface area (Å²) >= 11 is 8.70. The van der Waals surface area contributed by atoms with Crippen LogP contribution in [0.1, 0.15) is 36.1 Å². The number of thiophene rings is 1. The Balaban J connectivity index is 2.12. The molecule has 2 aromatic heterocycles. The first-order chi connectivity index (χ1) is 11.1. The zero-order valence-corrected chi connectivity index (χ0v) is 16.7. The molecule has 0 aliphatic heterocycles. The summed E-state index contributed by atoms with van der Waals surface area (Å²) in [6, 6.07) is 3.70. The highest BCUT2D eigenvalue weighted by Gasteiger charge is 2.23. The fourth-order valence-corrected chi connectivity index (χ4v) is 4.21. The Bertz CT molecular complexity index is 762. The van der Waals surface area contributed by atoms with E-state index in [0.29, 0.717) is 14.9 Å². The van der Waals surface area contributed by atoms with Gasteiger partial charge in [-0.2, -0.15) is 0 Å². The summed E-state index contributed by atoms with van der Waals surface area (Å²) in [4.78, 5) is 31.9. The SMILES string of the molecule is Cc1nc(-c2ccc(Cl)s2)sc1C(=O)N(C)CC(=O)NC(C)(C)C. The van der Waals surface area contributed by atoms with Gasteiger partial charge in [0.2, 0.25) is 5.91 Å². The van der Waals surface area contributed by atoms with Crippen LogP contribution < -0.4 is 5.32 Å². The predicted molar refractivity (Wildman–Crippen MR) is 100 cm³/mol. The number of aryl methyl sites for hydroxylation is 1. The second-order valence-corrected chi connectivity index (χ2v) is 9.21. The second-order valence-electron chi connectivity index (χ2n) is 6.50. The Morgan fingerprint density at radius 1 is 1.29 bits per heavy atom. The van der Waals surface area contributed by atoms with Crippen LogP contribution in [0.4, 0.5) is 0 Å². The summed E-state index contributed by atoms with van der Waals surface area (Å²) < 4.78 is 0.682. The average molecular weight is 386 g/mol. The highest BCUT2D eigenvalue weighted by Crippen LogP contribution is 2.35. The van der Waals surface area contributed by atoms with Crippen molar-refractivity contribution in [2.45, 2.75) is 33.2 Å². The van der Waals surface area contributed by atoms with Crippen LogP contribution in [-0.4, -0.2) is 40.8 Å². The van der Waals surface area contributed by atoms with Crippen molar-refractivity contribution < 1.29 is 9.59 Å². The first-order valence-electron chi connectivity index (χ1n) is 7.36. The first kappa shape index (κ1) is 18.9. The number of halogens is 1. The fraction of sp³-hybridized carbons (Fsp3) is 0.438. The van der Waals surface area contributed by atoms with Gasteiger partial charge in [0, 0.05) is 12.6 Å². The van der Waals surface area contributed by atoms with E-state index in [1.54, 1.807) is 14.0 Å². The van der Waals surface area contributed by atoms with E-state index in [0.717, 1.165) is 9.88 Å². The smallest absolute Gasteiger partial charge is 0.266 e. The van der Waals surface area contributed by atoms with E-state index >= 15 is 0 Å². The molecule has 0 saturated carbocycles. The molecule has 0 atom stereocenters.